The van der Waals surface area contributed by atoms with Gasteiger partial charge in [-0.2, -0.15) is 0 Å². The normalized spacial score (nSPS) is 11.0. The van der Waals surface area contributed by atoms with Crippen molar-refractivity contribution < 1.29 is 14.1 Å². The summed E-state index contributed by atoms with van der Waals surface area (Å²) in [5, 5.41) is 19.9. The molecule has 3 rings (SSSR count). The number of ether oxygens (including phenoxy) is 1. The van der Waals surface area contributed by atoms with Gasteiger partial charge in [-0.15, -0.1) is 10.2 Å². The Morgan fingerprint density at radius 2 is 2.00 bits per heavy atom. The van der Waals surface area contributed by atoms with Crippen molar-refractivity contribution in [2.45, 2.75) is 26.4 Å². The standard InChI is InChI=1S/C20H21ClN4O4/c1-3-10-24(12-14-11-15(25(26)27)8-9-18(14)28-2)13-19-22-23-20(29-19)16-6-4-5-7-17(16)21/h4-9,11H,3,10,12-13H2,1-2H3. The minimum Gasteiger partial charge on any atom is -0.496 e. The summed E-state index contributed by atoms with van der Waals surface area (Å²) in [6.07, 6.45) is 0.892. The molecular weight excluding hydrogens is 396 g/mol. The van der Waals surface area contributed by atoms with Crippen LogP contribution in [0, 0.1) is 10.1 Å². The molecule has 1 heterocycles. The fourth-order valence-electron chi connectivity index (χ4n) is 3.03. The van der Waals surface area contributed by atoms with Crippen molar-refractivity contribution in [3.63, 3.8) is 0 Å². The number of non-ortho nitro benzene ring substituents is 1. The summed E-state index contributed by atoms with van der Waals surface area (Å²) in [6.45, 7) is 3.65. The molecule has 0 unspecified atom stereocenters. The first-order chi connectivity index (χ1) is 14.0. The van der Waals surface area contributed by atoms with Crippen molar-refractivity contribution >= 4 is 17.3 Å². The van der Waals surface area contributed by atoms with Gasteiger partial charge >= 0.3 is 0 Å². The lowest BCUT2D eigenvalue weighted by atomic mass is 10.1. The summed E-state index contributed by atoms with van der Waals surface area (Å²) in [4.78, 5) is 12.8. The molecule has 0 aliphatic rings. The van der Waals surface area contributed by atoms with Crippen molar-refractivity contribution in [1.29, 1.82) is 0 Å². The summed E-state index contributed by atoms with van der Waals surface area (Å²) in [5.74, 6) is 1.40. The zero-order valence-corrected chi connectivity index (χ0v) is 16.9. The van der Waals surface area contributed by atoms with E-state index in [1.54, 1.807) is 19.2 Å². The molecule has 9 heteroatoms. The van der Waals surface area contributed by atoms with Crippen molar-refractivity contribution in [2.24, 2.45) is 0 Å². The summed E-state index contributed by atoms with van der Waals surface area (Å²) < 4.78 is 11.2. The van der Waals surface area contributed by atoms with Gasteiger partial charge in [-0.3, -0.25) is 15.0 Å². The van der Waals surface area contributed by atoms with E-state index in [1.807, 2.05) is 18.2 Å². The third-order valence-electron chi connectivity index (χ3n) is 4.34. The highest BCUT2D eigenvalue weighted by atomic mass is 35.5. The SMILES string of the molecule is CCCN(Cc1nnc(-c2ccccc2Cl)o1)Cc1cc([N+](=O)[O-])ccc1OC. The zero-order chi connectivity index (χ0) is 20.8. The van der Waals surface area contributed by atoms with Gasteiger partial charge in [-0.1, -0.05) is 30.7 Å². The molecule has 0 atom stereocenters. The maximum Gasteiger partial charge on any atom is 0.270 e. The van der Waals surface area contributed by atoms with Gasteiger partial charge in [0.1, 0.15) is 5.75 Å². The number of nitrogens with zero attached hydrogens (tertiary/aromatic N) is 4. The second-order valence-electron chi connectivity index (χ2n) is 6.44. The van der Waals surface area contributed by atoms with Crippen molar-refractivity contribution in [3.8, 4) is 17.2 Å². The molecule has 1 aromatic heterocycles. The number of nitro benzene ring substituents is 1. The Labute approximate surface area is 173 Å². The lowest BCUT2D eigenvalue weighted by Gasteiger charge is -2.21. The summed E-state index contributed by atoms with van der Waals surface area (Å²) in [7, 11) is 1.54. The maximum absolute atomic E-state index is 11.1. The zero-order valence-electron chi connectivity index (χ0n) is 16.2. The van der Waals surface area contributed by atoms with Crippen LogP contribution in [-0.2, 0) is 13.1 Å². The van der Waals surface area contributed by atoms with Gasteiger partial charge in [0.25, 0.3) is 5.69 Å². The Bertz CT molecular complexity index is 992. The van der Waals surface area contributed by atoms with Crippen LogP contribution in [-0.4, -0.2) is 33.7 Å². The van der Waals surface area contributed by atoms with Gasteiger partial charge in [0, 0.05) is 24.2 Å². The first-order valence-corrected chi connectivity index (χ1v) is 9.50. The van der Waals surface area contributed by atoms with Crippen LogP contribution in [0.15, 0.2) is 46.9 Å². The van der Waals surface area contributed by atoms with Crippen molar-refractivity contribution in [3.05, 3.63) is 69.1 Å². The molecule has 0 radical (unpaired) electrons. The molecule has 0 saturated carbocycles. The summed E-state index contributed by atoms with van der Waals surface area (Å²) in [6, 6.07) is 11.8. The molecule has 0 aliphatic heterocycles. The fraction of sp³-hybridized carbons (Fsp3) is 0.300. The van der Waals surface area contributed by atoms with Crippen molar-refractivity contribution in [1.82, 2.24) is 15.1 Å². The van der Waals surface area contributed by atoms with Crippen LogP contribution in [0.2, 0.25) is 5.02 Å². The monoisotopic (exact) mass is 416 g/mol. The van der Waals surface area contributed by atoms with E-state index in [2.05, 4.69) is 22.0 Å². The number of halogens is 1. The first-order valence-electron chi connectivity index (χ1n) is 9.12. The Morgan fingerprint density at radius 1 is 1.21 bits per heavy atom. The second kappa shape index (κ2) is 9.49. The molecule has 0 spiro atoms. The number of hydrogen-bond acceptors (Lipinski definition) is 7. The quantitative estimate of drug-likeness (QED) is 0.368. The second-order valence-corrected chi connectivity index (χ2v) is 6.85. The van der Waals surface area contributed by atoms with Gasteiger partial charge in [0.05, 0.1) is 29.2 Å². The predicted molar refractivity (Wildman–Crippen MR) is 109 cm³/mol. The molecular formula is C20H21ClN4O4. The van der Waals surface area contributed by atoms with Gasteiger partial charge < -0.3 is 9.15 Å². The van der Waals surface area contributed by atoms with E-state index < -0.39 is 4.92 Å². The predicted octanol–water partition coefficient (Wildman–Crippen LogP) is 4.72. The van der Waals surface area contributed by atoms with Gasteiger partial charge in [-0.25, -0.2) is 0 Å². The number of hydrogen-bond donors (Lipinski definition) is 0. The molecule has 8 nitrogen and oxygen atoms in total. The summed E-state index contributed by atoms with van der Waals surface area (Å²) >= 11 is 6.20. The van der Waals surface area contributed by atoms with Gasteiger partial charge in [0.15, 0.2) is 0 Å². The van der Waals surface area contributed by atoms with Crippen molar-refractivity contribution in [2.75, 3.05) is 13.7 Å². The van der Waals surface area contributed by atoms with Gasteiger partial charge in [-0.05, 0) is 31.2 Å². The maximum atomic E-state index is 11.1. The summed E-state index contributed by atoms with van der Waals surface area (Å²) in [5.41, 5.74) is 1.42. The van der Waals surface area contributed by atoms with Gasteiger partial charge in [0.2, 0.25) is 11.8 Å². The highest BCUT2D eigenvalue weighted by molar-refractivity contribution is 6.33. The van der Waals surface area contributed by atoms with E-state index in [9.17, 15) is 10.1 Å². The molecule has 3 aromatic rings. The molecule has 0 bridgehead atoms. The largest absolute Gasteiger partial charge is 0.496 e. The molecule has 0 aliphatic carbocycles. The topological polar surface area (TPSA) is 94.5 Å². The Balaban J connectivity index is 1.80. The minimum absolute atomic E-state index is 0.0241. The Kier molecular flexibility index (Phi) is 6.79. The molecule has 0 amide bonds. The number of rotatable bonds is 9. The van der Waals surface area contributed by atoms with E-state index in [0.717, 1.165) is 18.5 Å². The highest BCUT2D eigenvalue weighted by Gasteiger charge is 2.18. The van der Waals surface area contributed by atoms with E-state index in [0.29, 0.717) is 41.2 Å². The Morgan fingerprint density at radius 3 is 2.69 bits per heavy atom. The smallest absolute Gasteiger partial charge is 0.270 e. The van der Waals surface area contributed by atoms with Crippen LogP contribution in [0.25, 0.3) is 11.5 Å². The minimum atomic E-state index is -0.416. The fourth-order valence-corrected chi connectivity index (χ4v) is 3.24. The molecule has 2 aromatic carbocycles. The lowest BCUT2D eigenvalue weighted by Crippen LogP contribution is -2.24. The van der Waals surface area contributed by atoms with E-state index in [4.69, 9.17) is 20.8 Å². The van der Waals surface area contributed by atoms with Crippen LogP contribution in [0.3, 0.4) is 0 Å². The first kappa shape index (κ1) is 20.8. The number of nitro groups is 1. The number of methoxy groups -OCH3 is 1. The molecule has 29 heavy (non-hydrogen) atoms. The lowest BCUT2D eigenvalue weighted by molar-refractivity contribution is -0.385. The van der Waals surface area contributed by atoms with Crippen LogP contribution in [0.5, 0.6) is 5.75 Å². The van der Waals surface area contributed by atoms with Crippen LogP contribution < -0.4 is 4.74 Å². The van der Waals surface area contributed by atoms with Crippen LogP contribution in [0.1, 0.15) is 24.8 Å². The van der Waals surface area contributed by atoms with E-state index in [-0.39, 0.29) is 5.69 Å². The highest BCUT2D eigenvalue weighted by Crippen LogP contribution is 2.28. The van der Waals surface area contributed by atoms with E-state index >= 15 is 0 Å². The average molecular weight is 417 g/mol. The number of aromatic nitrogens is 2. The molecule has 0 saturated heterocycles. The van der Waals surface area contributed by atoms with Crippen LogP contribution >= 0.6 is 11.6 Å². The average Bonchev–Trinajstić information content (AvgIpc) is 3.16. The molecule has 0 N–H and O–H groups in total. The third kappa shape index (κ3) is 5.10. The number of benzene rings is 2. The molecule has 0 fully saturated rings. The van der Waals surface area contributed by atoms with E-state index in [1.165, 1.54) is 12.1 Å². The molecule has 152 valence electrons. The Hall–Kier alpha value is -2.97. The third-order valence-corrected chi connectivity index (χ3v) is 4.67. The van der Waals surface area contributed by atoms with Crippen LogP contribution in [0.4, 0.5) is 5.69 Å².